The number of hydrogen-bond donors (Lipinski definition) is 3. The average Bonchev–Trinajstić information content (AvgIpc) is 2.27. The Morgan fingerprint density at radius 1 is 1.32 bits per heavy atom. The third-order valence-corrected chi connectivity index (χ3v) is 2.92. The van der Waals surface area contributed by atoms with E-state index in [4.69, 9.17) is 9.57 Å². The number of rotatable bonds is 4. The van der Waals surface area contributed by atoms with Gasteiger partial charge in [-0.1, -0.05) is 0 Å². The third-order valence-electron chi connectivity index (χ3n) is 2.92. The van der Waals surface area contributed by atoms with Crippen LogP contribution in [0.2, 0.25) is 0 Å². The minimum Gasteiger partial charge on any atom is -0.481 e. The van der Waals surface area contributed by atoms with Crippen LogP contribution in [-0.2, 0) is 14.4 Å². The van der Waals surface area contributed by atoms with Gasteiger partial charge in [0.05, 0.1) is 12.0 Å². The van der Waals surface area contributed by atoms with Crippen LogP contribution in [-0.4, -0.2) is 42.5 Å². The van der Waals surface area contributed by atoms with Crippen molar-refractivity contribution in [3.8, 4) is 0 Å². The topological polar surface area (TPSA) is 96.9 Å². The van der Waals surface area contributed by atoms with Crippen LogP contribution in [0.1, 0.15) is 33.6 Å². The van der Waals surface area contributed by atoms with Gasteiger partial charge in [-0.25, -0.2) is 4.79 Å². The molecule has 1 aliphatic rings. The first-order valence-electron chi connectivity index (χ1n) is 6.30. The summed E-state index contributed by atoms with van der Waals surface area (Å²) in [6.45, 7) is 6.39. The van der Waals surface area contributed by atoms with Crippen molar-refractivity contribution >= 4 is 12.1 Å². The Morgan fingerprint density at radius 2 is 1.89 bits per heavy atom. The number of carbonyl (C=O) groups excluding carboxylic acids is 1. The van der Waals surface area contributed by atoms with Crippen molar-refractivity contribution in [3.63, 3.8) is 0 Å². The van der Waals surface area contributed by atoms with Gasteiger partial charge in [-0.3, -0.25) is 9.63 Å². The minimum atomic E-state index is -0.944. The molecule has 0 aromatic carbocycles. The second-order valence-electron chi connectivity index (χ2n) is 5.73. The molecule has 1 saturated heterocycles. The van der Waals surface area contributed by atoms with Gasteiger partial charge in [0.15, 0.2) is 0 Å². The maximum Gasteiger partial charge on any atom is 0.431 e. The Hall–Kier alpha value is -1.34. The van der Waals surface area contributed by atoms with Gasteiger partial charge in [0, 0.05) is 0 Å². The lowest BCUT2D eigenvalue weighted by molar-refractivity contribution is -0.157. The molecule has 1 rings (SSSR count). The number of hydroxylamine groups is 1. The molecule has 0 spiro atoms. The molecule has 3 N–H and O–H groups in total. The SMILES string of the molecule is CC(C)(C)OC(=O)NOCC1(C(=O)O)CCNCC1. The minimum absolute atomic E-state index is 0.0662. The first kappa shape index (κ1) is 15.7. The summed E-state index contributed by atoms with van der Waals surface area (Å²) in [6.07, 6.45) is 0.221. The largest absolute Gasteiger partial charge is 0.481 e. The molecule has 7 nitrogen and oxygen atoms in total. The zero-order valence-corrected chi connectivity index (χ0v) is 11.6. The van der Waals surface area contributed by atoms with E-state index in [9.17, 15) is 14.7 Å². The molecular formula is C12H22N2O5. The quantitative estimate of drug-likeness (QED) is 0.659. The van der Waals surface area contributed by atoms with Crippen LogP contribution in [0, 0.1) is 5.41 Å². The molecule has 1 fully saturated rings. The van der Waals surface area contributed by atoms with Gasteiger partial charge in [-0.2, -0.15) is 5.48 Å². The fourth-order valence-corrected chi connectivity index (χ4v) is 1.86. The number of aliphatic carboxylic acids is 1. The molecule has 0 aromatic rings. The summed E-state index contributed by atoms with van der Waals surface area (Å²) < 4.78 is 4.99. The predicted octanol–water partition coefficient (Wildman–Crippen LogP) is 0.897. The Balaban J connectivity index is 2.41. The van der Waals surface area contributed by atoms with Gasteiger partial charge in [-0.05, 0) is 46.7 Å². The van der Waals surface area contributed by atoms with E-state index in [-0.39, 0.29) is 6.61 Å². The van der Waals surface area contributed by atoms with Gasteiger partial charge in [-0.15, -0.1) is 0 Å². The maximum atomic E-state index is 11.4. The summed E-state index contributed by atoms with van der Waals surface area (Å²) in [4.78, 5) is 27.7. The Bertz CT molecular complexity index is 332. The summed E-state index contributed by atoms with van der Waals surface area (Å²) in [5.41, 5.74) is 0.559. The molecular weight excluding hydrogens is 252 g/mol. The van der Waals surface area contributed by atoms with E-state index < -0.39 is 23.1 Å². The highest BCUT2D eigenvalue weighted by Crippen LogP contribution is 2.29. The number of piperidine rings is 1. The molecule has 7 heteroatoms. The zero-order valence-electron chi connectivity index (χ0n) is 11.6. The molecule has 0 atom stereocenters. The van der Waals surface area contributed by atoms with Crippen molar-refractivity contribution in [2.24, 2.45) is 5.41 Å². The summed E-state index contributed by atoms with van der Waals surface area (Å²) in [6, 6.07) is 0. The molecule has 1 aliphatic heterocycles. The molecule has 0 aliphatic carbocycles. The molecule has 0 aromatic heterocycles. The second-order valence-corrected chi connectivity index (χ2v) is 5.73. The van der Waals surface area contributed by atoms with Gasteiger partial charge in [0.25, 0.3) is 0 Å². The molecule has 1 amide bonds. The predicted molar refractivity (Wildman–Crippen MR) is 67.5 cm³/mol. The van der Waals surface area contributed by atoms with Crippen molar-refractivity contribution in [1.29, 1.82) is 0 Å². The highest BCUT2D eigenvalue weighted by Gasteiger charge is 2.40. The molecule has 0 unspecified atom stereocenters. The Labute approximate surface area is 112 Å². The van der Waals surface area contributed by atoms with E-state index in [0.29, 0.717) is 25.9 Å². The Kier molecular flexibility index (Phi) is 5.13. The van der Waals surface area contributed by atoms with Crippen LogP contribution < -0.4 is 10.8 Å². The van der Waals surface area contributed by atoms with Crippen molar-refractivity contribution in [2.45, 2.75) is 39.2 Å². The number of hydrogen-bond acceptors (Lipinski definition) is 5. The van der Waals surface area contributed by atoms with Crippen LogP contribution in [0.25, 0.3) is 0 Å². The number of nitrogens with one attached hydrogen (secondary N) is 2. The monoisotopic (exact) mass is 274 g/mol. The van der Waals surface area contributed by atoms with Gasteiger partial charge in [0.2, 0.25) is 0 Å². The molecule has 0 saturated carbocycles. The first-order chi connectivity index (χ1) is 8.75. The fourth-order valence-electron chi connectivity index (χ4n) is 1.86. The average molecular weight is 274 g/mol. The number of amides is 1. The van der Waals surface area contributed by atoms with E-state index in [1.165, 1.54) is 0 Å². The zero-order chi connectivity index (χ0) is 14.5. The van der Waals surface area contributed by atoms with Crippen LogP contribution in [0.3, 0.4) is 0 Å². The van der Waals surface area contributed by atoms with Gasteiger partial charge >= 0.3 is 12.1 Å². The lowest BCUT2D eigenvalue weighted by Gasteiger charge is -2.32. The van der Waals surface area contributed by atoms with E-state index >= 15 is 0 Å². The van der Waals surface area contributed by atoms with Crippen molar-refractivity contribution in [1.82, 2.24) is 10.8 Å². The van der Waals surface area contributed by atoms with Crippen LogP contribution in [0.5, 0.6) is 0 Å². The summed E-state index contributed by atoms with van der Waals surface area (Å²) in [5.74, 6) is -0.903. The normalized spacial score (nSPS) is 18.7. The third kappa shape index (κ3) is 5.04. The second kappa shape index (κ2) is 6.21. The highest BCUT2D eigenvalue weighted by atomic mass is 16.7. The molecule has 1 heterocycles. The summed E-state index contributed by atoms with van der Waals surface area (Å²) >= 11 is 0. The molecule has 110 valence electrons. The van der Waals surface area contributed by atoms with E-state index in [1.54, 1.807) is 20.8 Å². The summed E-state index contributed by atoms with van der Waals surface area (Å²) in [7, 11) is 0. The van der Waals surface area contributed by atoms with Crippen LogP contribution in [0.4, 0.5) is 4.79 Å². The van der Waals surface area contributed by atoms with E-state index in [0.717, 1.165) is 0 Å². The highest BCUT2D eigenvalue weighted by molar-refractivity contribution is 5.75. The molecule has 0 radical (unpaired) electrons. The first-order valence-corrected chi connectivity index (χ1v) is 6.30. The smallest absolute Gasteiger partial charge is 0.431 e. The molecule has 19 heavy (non-hydrogen) atoms. The number of carbonyl (C=O) groups is 2. The fraction of sp³-hybridized carbons (Fsp3) is 0.833. The number of ether oxygens (including phenoxy) is 1. The van der Waals surface area contributed by atoms with Crippen molar-refractivity contribution in [2.75, 3.05) is 19.7 Å². The lowest BCUT2D eigenvalue weighted by atomic mass is 9.80. The van der Waals surface area contributed by atoms with Gasteiger partial charge < -0.3 is 15.2 Å². The standard InChI is InChI=1S/C12H22N2O5/c1-11(2,3)19-10(17)14-18-8-12(9(15)16)4-6-13-7-5-12/h13H,4-8H2,1-3H3,(H,14,17)(H,15,16). The molecule has 0 bridgehead atoms. The maximum absolute atomic E-state index is 11.4. The van der Waals surface area contributed by atoms with Crippen molar-refractivity contribution < 1.29 is 24.3 Å². The lowest BCUT2D eigenvalue weighted by Crippen LogP contribution is -2.46. The number of carboxylic acids is 1. The van der Waals surface area contributed by atoms with E-state index in [2.05, 4.69) is 10.8 Å². The Morgan fingerprint density at radius 3 is 2.37 bits per heavy atom. The van der Waals surface area contributed by atoms with Gasteiger partial charge in [0.1, 0.15) is 5.60 Å². The van der Waals surface area contributed by atoms with Crippen molar-refractivity contribution in [3.05, 3.63) is 0 Å². The van der Waals surface area contributed by atoms with Crippen LogP contribution in [0.15, 0.2) is 0 Å². The van der Waals surface area contributed by atoms with Crippen LogP contribution >= 0.6 is 0 Å². The van der Waals surface area contributed by atoms with E-state index in [1.807, 2.05) is 0 Å². The summed E-state index contributed by atoms with van der Waals surface area (Å²) in [5, 5.41) is 12.4. The number of carboxylic acid groups (broad SMARTS) is 1.